The van der Waals surface area contributed by atoms with E-state index in [0.29, 0.717) is 55.5 Å². The van der Waals surface area contributed by atoms with Gasteiger partial charge >= 0.3 is 12.3 Å². The Hall–Kier alpha value is -3.99. The largest absolute Gasteiger partial charge is 0.432 e. The molecule has 1 aliphatic carbocycles. The standard InChI is InChI=1S/C36H31F9O2/c1-2-3-16-46-26-10-4-22(5-11-26)25-19-32(39)34(33(40)20-25)36(44,45)47-27-12-6-21(7-13-27)23-8-14-28(30(37)17-23)24-9-15-29(31(38)18-24)35(41,42)43/h6-9,12-15,17-20,22,26H,2-5,10-11,16H2,1H3. The fraction of sp³-hybridized carbons (Fsp3) is 0.333. The highest BCUT2D eigenvalue weighted by Gasteiger charge is 2.41. The van der Waals surface area contributed by atoms with E-state index in [-0.39, 0.29) is 28.7 Å². The first kappa shape index (κ1) is 34.3. The van der Waals surface area contributed by atoms with Gasteiger partial charge in [0.15, 0.2) is 0 Å². The summed E-state index contributed by atoms with van der Waals surface area (Å²) in [4.78, 5) is 0. The zero-order valence-corrected chi connectivity index (χ0v) is 25.3. The molecule has 0 amide bonds. The molecule has 0 spiro atoms. The van der Waals surface area contributed by atoms with Crippen LogP contribution < -0.4 is 4.74 Å². The van der Waals surface area contributed by atoms with Crippen LogP contribution in [0.1, 0.15) is 68.1 Å². The Morgan fingerprint density at radius 1 is 0.660 bits per heavy atom. The molecular weight excluding hydrogens is 635 g/mol. The molecule has 1 aliphatic rings. The molecule has 250 valence electrons. The van der Waals surface area contributed by atoms with Crippen molar-refractivity contribution in [1.82, 2.24) is 0 Å². The number of unbranched alkanes of at least 4 members (excludes halogenated alkanes) is 1. The minimum atomic E-state index is -4.90. The molecule has 4 aromatic rings. The van der Waals surface area contributed by atoms with Gasteiger partial charge in [0.05, 0.1) is 11.7 Å². The first-order valence-electron chi connectivity index (χ1n) is 15.2. The average Bonchev–Trinajstić information content (AvgIpc) is 3.00. The Morgan fingerprint density at radius 2 is 1.26 bits per heavy atom. The Bertz CT molecular complexity index is 1670. The summed E-state index contributed by atoms with van der Waals surface area (Å²) in [5.74, 6) is -5.86. The fourth-order valence-corrected chi connectivity index (χ4v) is 5.82. The third-order valence-corrected chi connectivity index (χ3v) is 8.34. The van der Waals surface area contributed by atoms with Crippen molar-refractivity contribution >= 4 is 0 Å². The molecule has 5 rings (SSSR count). The number of halogens is 9. The molecule has 0 heterocycles. The Morgan fingerprint density at radius 3 is 1.83 bits per heavy atom. The van der Waals surface area contributed by atoms with Crippen molar-refractivity contribution in [3.63, 3.8) is 0 Å². The van der Waals surface area contributed by atoms with Gasteiger partial charge in [0.25, 0.3) is 0 Å². The van der Waals surface area contributed by atoms with Crippen LogP contribution in [0.15, 0.2) is 72.8 Å². The second-order valence-corrected chi connectivity index (χ2v) is 11.6. The monoisotopic (exact) mass is 666 g/mol. The van der Waals surface area contributed by atoms with E-state index in [4.69, 9.17) is 9.47 Å². The number of benzene rings is 4. The van der Waals surface area contributed by atoms with Gasteiger partial charge in [-0.05, 0) is 103 Å². The summed E-state index contributed by atoms with van der Waals surface area (Å²) in [6.45, 7) is 2.72. The van der Waals surface area contributed by atoms with Crippen LogP contribution in [-0.2, 0) is 17.0 Å². The molecule has 1 fully saturated rings. The van der Waals surface area contributed by atoms with Crippen LogP contribution in [0.4, 0.5) is 39.5 Å². The van der Waals surface area contributed by atoms with Crippen molar-refractivity contribution in [3.8, 4) is 28.0 Å². The maximum Gasteiger partial charge on any atom is 0.432 e. The van der Waals surface area contributed by atoms with E-state index < -0.39 is 52.4 Å². The molecule has 0 saturated heterocycles. The van der Waals surface area contributed by atoms with Gasteiger partial charge in [-0.15, -0.1) is 0 Å². The molecule has 47 heavy (non-hydrogen) atoms. The molecule has 0 aliphatic heterocycles. The highest BCUT2D eigenvalue weighted by Crippen LogP contribution is 2.40. The van der Waals surface area contributed by atoms with E-state index in [2.05, 4.69) is 6.92 Å². The fourth-order valence-electron chi connectivity index (χ4n) is 5.82. The van der Waals surface area contributed by atoms with Gasteiger partial charge in [0.1, 0.15) is 34.6 Å². The number of ether oxygens (including phenoxy) is 2. The van der Waals surface area contributed by atoms with Gasteiger partial charge in [0.2, 0.25) is 0 Å². The average molecular weight is 667 g/mol. The van der Waals surface area contributed by atoms with Crippen LogP contribution in [-0.4, -0.2) is 12.7 Å². The summed E-state index contributed by atoms with van der Waals surface area (Å²) in [6.07, 6.45) is -4.55. The van der Waals surface area contributed by atoms with Crippen molar-refractivity contribution in [3.05, 3.63) is 113 Å². The third kappa shape index (κ3) is 7.94. The van der Waals surface area contributed by atoms with Crippen molar-refractivity contribution in [2.24, 2.45) is 0 Å². The normalized spacial score (nSPS) is 17.1. The molecule has 0 atom stereocenters. The van der Waals surface area contributed by atoms with E-state index in [9.17, 15) is 30.7 Å². The van der Waals surface area contributed by atoms with Gasteiger partial charge in [-0.2, -0.15) is 22.0 Å². The van der Waals surface area contributed by atoms with E-state index in [0.717, 1.165) is 49.2 Å². The van der Waals surface area contributed by atoms with Gasteiger partial charge < -0.3 is 9.47 Å². The van der Waals surface area contributed by atoms with Gasteiger partial charge in [-0.25, -0.2) is 17.6 Å². The topological polar surface area (TPSA) is 18.5 Å². The van der Waals surface area contributed by atoms with Gasteiger partial charge in [-0.1, -0.05) is 43.7 Å². The van der Waals surface area contributed by atoms with E-state index in [1.807, 2.05) is 0 Å². The minimum absolute atomic E-state index is 0.0768. The summed E-state index contributed by atoms with van der Waals surface area (Å²) in [7, 11) is 0. The molecule has 0 N–H and O–H groups in total. The van der Waals surface area contributed by atoms with Crippen LogP contribution in [0.25, 0.3) is 22.3 Å². The van der Waals surface area contributed by atoms with Crippen LogP contribution in [0.2, 0.25) is 0 Å². The summed E-state index contributed by atoms with van der Waals surface area (Å²) in [6, 6.07) is 12.5. The molecule has 11 heteroatoms. The van der Waals surface area contributed by atoms with E-state index >= 15 is 8.78 Å². The maximum absolute atomic E-state index is 15.1. The number of hydrogen-bond donors (Lipinski definition) is 0. The third-order valence-electron chi connectivity index (χ3n) is 8.34. The predicted octanol–water partition coefficient (Wildman–Crippen LogP) is 11.6. The maximum atomic E-state index is 15.1. The molecule has 4 aromatic carbocycles. The Labute approximate surface area is 266 Å². The van der Waals surface area contributed by atoms with E-state index in [1.54, 1.807) is 0 Å². The molecule has 0 radical (unpaired) electrons. The highest BCUT2D eigenvalue weighted by atomic mass is 19.4. The van der Waals surface area contributed by atoms with Crippen LogP contribution >= 0.6 is 0 Å². The number of hydrogen-bond acceptors (Lipinski definition) is 2. The van der Waals surface area contributed by atoms with Crippen molar-refractivity contribution in [2.45, 2.75) is 69.8 Å². The second-order valence-electron chi connectivity index (χ2n) is 11.6. The second kappa shape index (κ2) is 14.0. The first-order valence-corrected chi connectivity index (χ1v) is 15.2. The Kier molecular flexibility index (Phi) is 10.2. The lowest BCUT2D eigenvalue weighted by Crippen LogP contribution is -2.26. The zero-order chi connectivity index (χ0) is 33.9. The summed E-state index contributed by atoms with van der Waals surface area (Å²) in [5.41, 5.74) is -2.34. The summed E-state index contributed by atoms with van der Waals surface area (Å²) in [5, 5.41) is 0. The van der Waals surface area contributed by atoms with Crippen LogP contribution in [0.5, 0.6) is 5.75 Å². The smallest absolute Gasteiger partial charge is 0.429 e. The first-order chi connectivity index (χ1) is 22.3. The lowest BCUT2D eigenvalue weighted by Gasteiger charge is -2.29. The molecule has 1 saturated carbocycles. The molecule has 0 bridgehead atoms. The molecule has 0 aromatic heterocycles. The Balaban J connectivity index is 1.26. The molecule has 0 unspecified atom stereocenters. The lowest BCUT2D eigenvalue weighted by molar-refractivity contribution is -0.189. The summed E-state index contributed by atoms with van der Waals surface area (Å²) < 4.78 is 138. The van der Waals surface area contributed by atoms with Crippen LogP contribution in [0.3, 0.4) is 0 Å². The van der Waals surface area contributed by atoms with Crippen molar-refractivity contribution < 1.29 is 49.0 Å². The van der Waals surface area contributed by atoms with Crippen molar-refractivity contribution in [1.29, 1.82) is 0 Å². The predicted molar refractivity (Wildman–Crippen MR) is 159 cm³/mol. The number of alkyl halides is 5. The van der Waals surface area contributed by atoms with Crippen molar-refractivity contribution in [2.75, 3.05) is 6.61 Å². The molecular formula is C36H31F9O2. The number of rotatable bonds is 10. The SMILES string of the molecule is CCCCOC1CCC(c2cc(F)c(C(F)(F)Oc3ccc(-c4ccc(-c5ccc(C(F)(F)F)c(F)c5)c(F)c4)cc3)c(F)c2)CC1. The zero-order valence-electron chi connectivity index (χ0n) is 25.3. The van der Waals surface area contributed by atoms with Gasteiger partial charge in [0, 0.05) is 12.2 Å². The lowest BCUT2D eigenvalue weighted by atomic mass is 9.82. The van der Waals surface area contributed by atoms with E-state index in [1.165, 1.54) is 24.3 Å². The van der Waals surface area contributed by atoms with Gasteiger partial charge in [-0.3, -0.25) is 0 Å². The summed E-state index contributed by atoms with van der Waals surface area (Å²) >= 11 is 0. The van der Waals surface area contributed by atoms with Crippen LogP contribution in [0, 0.1) is 23.3 Å². The minimum Gasteiger partial charge on any atom is -0.429 e. The quantitative estimate of drug-likeness (QED) is 0.124. The highest BCUT2D eigenvalue weighted by molar-refractivity contribution is 5.71. The molecule has 2 nitrogen and oxygen atoms in total.